The molecular weight excluding hydrogens is 461 g/mol. The summed E-state index contributed by atoms with van der Waals surface area (Å²) >= 11 is 1.71. The summed E-state index contributed by atoms with van der Waals surface area (Å²) in [6, 6.07) is 0.484. The van der Waals surface area contributed by atoms with Crippen molar-refractivity contribution < 1.29 is 4.74 Å². The van der Waals surface area contributed by atoms with Gasteiger partial charge >= 0.3 is 0 Å². The van der Waals surface area contributed by atoms with E-state index in [1.165, 1.54) is 4.88 Å². The molecule has 8 heteroatoms. The number of ether oxygens (including phenoxy) is 1. The average Bonchev–Trinajstić information content (AvgIpc) is 2.99. The summed E-state index contributed by atoms with van der Waals surface area (Å²) in [6.45, 7) is 13.9. The maximum atomic E-state index is 5.65. The zero-order valence-corrected chi connectivity index (χ0v) is 19.6. The molecule has 1 aromatic rings. The van der Waals surface area contributed by atoms with Crippen LogP contribution < -0.4 is 10.6 Å². The number of aryl methyl sites for hydroxylation is 1. The van der Waals surface area contributed by atoms with E-state index < -0.39 is 0 Å². The molecule has 0 spiro atoms. The summed E-state index contributed by atoms with van der Waals surface area (Å²) in [5.41, 5.74) is 0. The molecule has 0 atom stereocenters. The zero-order valence-electron chi connectivity index (χ0n) is 16.5. The Hall–Kier alpha value is -0.450. The van der Waals surface area contributed by atoms with E-state index in [0.717, 1.165) is 56.6 Å². The van der Waals surface area contributed by atoms with Gasteiger partial charge in [0.05, 0.1) is 19.3 Å². The van der Waals surface area contributed by atoms with Crippen molar-refractivity contribution in [1.29, 1.82) is 0 Å². The number of hydrogen-bond donors (Lipinski definition) is 2. The van der Waals surface area contributed by atoms with Gasteiger partial charge in [0.15, 0.2) is 5.96 Å². The van der Waals surface area contributed by atoms with Gasteiger partial charge in [0.1, 0.15) is 5.01 Å². The van der Waals surface area contributed by atoms with E-state index in [0.29, 0.717) is 18.7 Å². The Bertz CT molecular complexity index is 529. The standard InChI is InChI=1S/C18H33N5OS.HI/c1-5-19-18(21-13-17-20-12-15(4)25-17)22-16-6-8-23(9-7-16)10-11-24-14(2)3;/h12,14,16H,5-11,13H2,1-4H3,(H2,19,21,22);1H. The molecule has 0 unspecified atom stereocenters. The topological polar surface area (TPSA) is 61.8 Å². The fourth-order valence-corrected chi connectivity index (χ4v) is 3.56. The molecule has 0 amide bonds. The predicted octanol–water partition coefficient (Wildman–Crippen LogP) is 3.01. The van der Waals surface area contributed by atoms with Crippen molar-refractivity contribution in [1.82, 2.24) is 20.5 Å². The molecule has 1 aliphatic rings. The van der Waals surface area contributed by atoms with Crippen LogP contribution in [0, 0.1) is 6.92 Å². The largest absolute Gasteiger partial charge is 0.377 e. The van der Waals surface area contributed by atoms with Crippen molar-refractivity contribution in [3.05, 3.63) is 16.1 Å². The van der Waals surface area contributed by atoms with E-state index in [9.17, 15) is 0 Å². The molecule has 0 bridgehead atoms. The first kappa shape index (κ1) is 23.6. The molecule has 0 aliphatic carbocycles. The van der Waals surface area contributed by atoms with Gasteiger partial charge in [-0.15, -0.1) is 35.3 Å². The second kappa shape index (κ2) is 12.9. The minimum Gasteiger partial charge on any atom is -0.377 e. The molecular formula is C18H34IN5OS. The minimum atomic E-state index is 0. The van der Waals surface area contributed by atoms with Crippen LogP contribution >= 0.6 is 35.3 Å². The predicted molar refractivity (Wildman–Crippen MR) is 121 cm³/mol. The lowest BCUT2D eigenvalue weighted by atomic mass is 10.1. The van der Waals surface area contributed by atoms with E-state index >= 15 is 0 Å². The number of aliphatic imine (C=N–C) groups is 1. The van der Waals surface area contributed by atoms with Crippen molar-refractivity contribution in [2.45, 2.75) is 59.2 Å². The number of rotatable bonds is 8. The van der Waals surface area contributed by atoms with Crippen LogP contribution in [-0.4, -0.2) is 60.8 Å². The second-order valence-corrected chi connectivity index (χ2v) is 8.06. The van der Waals surface area contributed by atoms with Crippen LogP contribution in [-0.2, 0) is 11.3 Å². The Labute approximate surface area is 179 Å². The fraction of sp³-hybridized carbons (Fsp3) is 0.778. The third kappa shape index (κ3) is 8.96. The maximum absolute atomic E-state index is 5.65. The lowest BCUT2D eigenvalue weighted by Crippen LogP contribution is -2.49. The maximum Gasteiger partial charge on any atom is 0.191 e. The smallest absolute Gasteiger partial charge is 0.191 e. The third-order valence-corrected chi connectivity index (χ3v) is 5.07. The van der Waals surface area contributed by atoms with E-state index in [1.54, 1.807) is 11.3 Å². The zero-order chi connectivity index (χ0) is 18.1. The van der Waals surface area contributed by atoms with Gasteiger partial charge in [-0.3, -0.25) is 0 Å². The van der Waals surface area contributed by atoms with Gasteiger partial charge < -0.3 is 20.3 Å². The molecule has 0 saturated carbocycles. The van der Waals surface area contributed by atoms with Crippen LogP contribution in [0.4, 0.5) is 0 Å². The monoisotopic (exact) mass is 495 g/mol. The molecule has 0 aromatic carbocycles. The summed E-state index contributed by atoms with van der Waals surface area (Å²) < 4.78 is 5.65. The van der Waals surface area contributed by atoms with Crippen LogP contribution in [0.15, 0.2) is 11.2 Å². The lowest BCUT2D eigenvalue weighted by molar-refractivity contribution is 0.0532. The van der Waals surface area contributed by atoms with E-state index in [1.807, 2.05) is 6.20 Å². The molecule has 1 aromatic heterocycles. The molecule has 1 fully saturated rings. The summed E-state index contributed by atoms with van der Waals surface area (Å²) in [7, 11) is 0. The number of aromatic nitrogens is 1. The van der Waals surface area contributed by atoms with Gasteiger partial charge in [0, 0.05) is 43.3 Å². The Balaban J connectivity index is 0.00000338. The van der Waals surface area contributed by atoms with Crippen molar-refractivity contribution in [3.8, 4) is 0 Å². The van der Waals surface area contributed by atoms with Crippen LogP contribution in [0.25, 0.3) is 0 Å². The van der Waals surface area contributed by atoms with Crippen LogP contribution in [0.3, 0.4) is 0 Å². The van der Waals surface area contributed by atoms with Gasteiger partial charge in [0.25, 0.3) is 0 Å². The van der Waals surface area contributed by atoms with Crippen LogP contribution in [0.1, 0.15) is 43.5 Å². The molecule has 1 aliphatic heterocycles. The van der Waals surface area contributed by atoms with Gasteiger partial charge in [-0.1, -0.05) is 0 Å². The van der Waals surface area contributed by atoms with E-state index in [2.05, 4.69) is 53.2 Å². The SMILES string of the molecule is CCNC(=NCc1ncc(C)s1)NC1CCN(CCOC(C)C)CC1.I. The summed E-state index contributed by atoms with van der Waals surface area (Å²) in [4.78, 5) is 12.8. The molecule has 2 heterocycles. The first-order valence-electron chi connectivity index (χ1n) is 9.37. The number of likely N-dealkylation sites (tertiary alicyclic amines) is 1. The quantitative estimate of drug-likeness (QED) is 0.330. The van der Waals surface area contributed by atoms with Gasteiger partial charge in [-0.2, -0.15) is 0 Å². The normalized spacial score (nSPS) is 16.6. The average molecular weight is 495 g/mol. The molecule has 2 N–H and O–H groups in total. The van der Waals surface area contributed by atoms with Gasteiger partial charge in [0.2, 0.25) is 0 Å². The van der Waals surface area contributed by atoms with Gasteiger partial charge in [-0.25, -0.2) is 9.98 Å². The minimum absolute atomic E-state index is 0. The van der Waals surface area contributed by atoms with Crippen molar-refractivity contribution in [3.63, 3.8) is 0 Å². The Morgan fingerprint density at radius 3 is 2.73 bits per heavy atom. The number of halogens is 1. The highest BCUT2D eigenvalue weighted by atomic mass is 127. The number of hydrogen-bond acceptors (Lipinski definition) is 5. The lowest BCUT2D eigenvalue weighted by Gasteiger charge is -2.33. The molecule has 26 heavy (non-hydrogen) atoms. The molecule has 150 valence electrons. The molecule has 1 saturated heterocycles. The Kier molecular flexibility index (Phi) is 11.7. The summed E-state index contributed by atoms with van der Waals surface area (Å²) in [5.74, 6) is 0.900. The summed E-state index contributed by atoms with van der Waals surface area (Å²) in [6.07, 6.45) is 4.51. The first-order chi connectivity index (χ1) is 12.1. The number of piperidine rings is 1. The first-order valence-corrected chi connectivity index (χ1v) is 10.2. The van der Waals surface area contributed by atoms with Crippen LogP contribution in [0.5, 0.6) is 0 Å². The highest BCUT2D eigenvalue weighted by Gasteiger charge is 2.19. The molecule has 6 nitrogen and oxygen atoms in total. The van der Waals surface area contributed by atoms with Crippen molar-refractivity contribution in [2.24, 2.45) is 4.99 Å². The highest BCUT2D eigenvalue weighted by Crippen LogP contribution is 2.13. The number of nitrogens with one attached hydrogen (secondary N) is 2. The van der Waals surface area contributed by atoms with Crippen LogP contribution in [0.2, 0.25) is 0 Å². The van der Waals surface area contributed by atoms with Crippen molar-refractivity contribution >= 4 is 41.3 Å². The second-order valence-electron chi connectivity index (χ2n) is 6.74. The summed E-state index contributed by atoms with van der Waals surface area (Å²) in [5, 5.41) is 8.00. The van der Waals surface area contributed by atoms with Crippen molar-refractivity contribution in [2.75, 3.05) is 32.8 Å². The number of thiazole rings is 1. The molecule has 2 rings (SSSR count). The van der Waals surface area contributed by atoms with E-state index in [-0.39, 0.29) is 24.0 Å². The molecule has 0 radical (unpaired) electrons. The Morgan fingerprint density at radius 2 is 2.15 bits per heavy atom. The third-order valence-electron chi connectivity index (χ3n) is 4.17. The van der Waals surface area contributed by atoms with E-state index in [4.69, 9.17) is 4.74 Å². The number of guanidine groups is 1. The number of nitrogens with zero attached hydrogens (tertiary/aromatic N) is 3. The van der Waals surface area contributed by atoms with Gasteiger partial charge in [-0.05, 0) is 40.5 Å². The fourth-order valence-electron chi connectivity index (χ4n) is 2.85. The Morgan fingerprint density at radius 1 is 1.42 bits per heavy atom. The highest BCUT2D eigenvalue weighted by molar-refractivity contribution is 14.0.